The van der Waals surface area contributed by atoms with Crippen molar-refractivity contribution >= 4 is 0 Å². The topological polar surface area (TPSA) is 15.3 Å². The van der Waals surface area contributed by atoms with Crippen molar-refractivity contribution in [1.82, 2.24) is 10.4 Å². The van der Waals surface area contributed by atoms with E-state index >= 15 is 0 Å². The van der Waals surface area contributed by atoms with Crippen molar-refractivity contribution in [3.05, 3.63) is 0 Å². The third-order valence-electron chi connectivity index (χ3n) is 2.17. The summed E-state index contributed by atoms with van der Waals surface area (Å²) < 4.78 is 0. The van der Waals surface area contributed by atoms with Crippen molar-refractivity contribution in [2.45, 2.75) is 32.2 Å². The summed E-state index contributed by atoms with van der Waals surface area (Å²) in [6.07, 6.45) is 2.64. The number of rotatable bonds is 1. The Morgan fingerprint density at radius 2 is 2.11 bits per heavy atom. The first-order chi connectivity index (χ1) is 4.17. The van der Waals surface area contributed by atoms with E-state index in [1.165, 1.54) is 19.4 Å². The average molecular weight is 128 g/mol. The van der Waals surface area contributed by atoms with Crippen LogP contribution in [-0.2, 0) is 0 Å². The minimum Gasteiger partial charge on any atom is -0.258 e. The Kier molecular flexibility index (Phi) is 1.78. The van der Waals surface area contributed by atoms with Gasteiger partial charge in [-0.25, -0.2) is 5.01 Å². The van der Waals surface area contributed by atoms with Gasteiger partial charge in [0, 0.05) is 12.1 Å². The highest BCUT2D eigenvalue weighted by Gasteiger charge is 2.30. The molecular formula is C7H16N2. The number of hydrogen-bond acceptors (Lipinski definition) is 2. The van der Waals surface area contributed by atoms with Crippen LogP contribution < -0.4 is 5.43 Å². The van der Waals surface area contributed by atoms with Crippen LogP contribution in [0, 0.1) is 0 Å². The maximum Gasteiger partial charge on any atom is 0.0298 e. The Labute approximate surface area is 57.2 Å². The van der Waals surface area contributed by atoms with Gasteiger partial charge in [-0.2, -0.15) is 0 Å². The maximum absolute atomic E-state index is 3.19. The van der Waals surface area contributed by atoms with Gasteiger partial charge in [-0.15, -0.1) is 0 Å². The molecule has 0 unspecified atom stereocenters. The fourth-order valence-corrected chi connectivity index (χ4v) is 1.52. The Morgan fingerprint density at radius 1 is 1.44 bits per heavy atom. The molecule has 0 aromatic heterocycles. The fraction of sp³-hybridized carbons (Fsp3) is 1.00. The van der Waals surface area contributed by atoms with Crippen LogP contribution in [0.3, 0.4) is 0 Å². The van der Waals surface area contributed by atoms with Crippen molar-refractivity contribution in [1.29, 1.82) is 0 Å². The summed E-state index contributed by atoms with van der Waals surface area (Å²) in [4.78, 5) is 0. The van der Waals surface area contributed by atoms with Crippen LogP contribution in [0.15, 0.2) is 0 Å². The summed E-state index contributed by atoms with van der Waals surface area (Å²) in [5.41, 5.74) is 3.57. The van der Waals surface area contributed by atoms with Crippen LogP contribution in [0.1, 0.15) is 26.7 Å². The molecule has 0 saturated carbocycles. The van der Waals surface area contributed by atoms with E-state index in [2.05, 4.69) is 24.3 Å². The minimum absolute atomic E-state index is 0.384. The van der Waals surface area contributed by atoms with Gasteiger partial charge in [-0.1, -0.05) is 0 Å². The minimum atomic E-state index is 0.384. The molecule has 54 valence electrons. The monoisotopic (exact) mass is 128 g/mol. The Balaban J connectivity index is 2.52. The molecule has 1 heterocycles. The number of nitrogens with one attached hydrogen (secondary N) is 1. The summed E-state index contributed by atoms with van der Waals surface area (Å²) >= 11 is 0. The second-order valence-corrected chi connectivity index (χ2v) is 3.29. The molecule has 2 nitrogen and oxygen atoms in total. The summed E-state index contributed by atoms with van der Waals surface area (Å²) in [5.74, 6) is 0. The highest BCUT2D eigenvalue weighted by Crippen LogP contribution is 2.25. The SMILES string of the molecule is CNN1CCCC1(C)C. The summed E-state index contributed by atoms with van der Waals surface area (Å²) in [7, 11) is 1.99. The molecule has 0 amide bonds. The lowest BCUT2D eigenvalue weighted by molar-refractivity contribution is 0.121. The van der Waals surface area contributed by atoms with Crippen molar-refractivity contribution in [2.75, 3.05) is 13.6 Å². The smallest absolute Gasteiger partial charge is 0.0298 e. The lowest BCUT2D eigenvalue weighted by atomic mass is 10.0. The molecule has 1 rings (SSSR count). The highest BCUT2D eigenvalue weighted by molar-refractivity contribution is 4.84. The Morgan fingerprint density at radius 3 is 2.33 bits per heavy atom. The number of nitrogens with zero attached hydrogens (tertiary/aromatic N) is 1. The van der Waals surface area contributed by atoms with Gasteiger partial charge in [0.2, 0.25) is 0 Å². The largest absolute Gasteiger partial charge is 0.258 e. The summed E-state index contributed by atoms with van der Waals surface area (Å²) in [5, 5.41) is 2.30. The Hall–Kier alpha value is -0.0800. The van der Waals surface area contributed by atoms with Gasteiger partial charge >= 0.3 is 0 Å². The fourth-order valence-electron chi connectivity index (χ4n) is 1.52. The van der Waals surface area contributed by atoms with Gasteiger partial charge in [0.25, 0.3) is 0 Å². The van der Waals surface area contributed by atoms with E-state index in [9.17, 15) is 0 Å². The van der Waals surface area contributed by atoms with Crippen molar-refractivity contribution in [2.24, 2.45) is 0 Å². The first kappa shape index (κ1) is 7.03. The summed E-state index contributed by atoms with van der Waals surface area (Å²) in [6.45, 7) is 5.75. The zero-order valence-electron chi connectivity index (χ0n) is 6.57. The molecule has 0 aliphatic carbocycles. The van der Waals surface area contributed by atoms with E-state index in [0.717, 1.165) is 0 Å². The zero-order valence-corrected chi connectivity index (χ0v) is 6.57. The lowest BCUT2D eigenvalue weighted by Crippen LogP contribution is -2.45. The van der Waals surface area contributed by atoms with Crippen LogP contribution in [0.5, 0.6) is 0 Å². The van der Waals surface area contributed by atoms with Gasteiger partial charge in [0.1, 0.15) is 0 Å². The van der Waals surface area contributed by atoms with Crippen molar-refractivity contribution in [3.63, 3.8) is 0 Å². The molecule has 0 aromatic carbocycles. The van der Waals surface area contributed by atoms with Crippen molar-refractivity contribution in [3.8, 4) is 0 Å². The molecule has 1 fully saturated rings. The molecule has 0 bridgehead atoms. The third-order valence-corrected chi connectivity index (χ3v) is 2.17. The van der Waals surface area contributed by atoms with E-state index in [0.29, 0.717) is 5.54 Å². The van der Waals surface area contributed by atoms with E-state index in [1.807, 2.05) is 7.05 Å². The second kappa shape index (κ2) is 2.27. The standard InChI is InChI=1S/C7H16N2/c1-7(2)5-4-6-9(7)8-3/h8H,4-6H2,1-3H3. The van der Waals surface area contributed by atoms with Crippen LogP contribution in [0.2, 0.25) is 0 Å². The predicted molar refractivity (Wildman–Crippen MR) is 39.1 cm³/mol. The van der Waals surface area contributed by atoms with Crippen LogP contribution in [0.4, 0.5) is 0 Å². The van der Waals surface area contributed by atoms with Gasteiger partial charge in [-0.05, 0) is 33.7 Å². The molecule has 0 atom stereocenters. The van der Waals surface area contributed by atoms with Crippen LogP contribution in [-0.4, -0.2) is 24.1 Å². The average Bonchev–Trinajstić information content (AvgIpc) is 2.08. The van der Waals surface area contributed by atoms with Crippen LogP contribution >= 0.6 is 0 Å². The first-order valence-corrected chi connectivity index (χ1v) is 3.62. The quantitative estimate of drug-likeness (QED) is 0.566. The first-order valence-electron chi connectivity index (χ1n) is 3.62. The molecule has 1 N–H and O–H groups in total. The van der Waals surface area contributed by atoms with E-state index < -0.39 is 0 Å². The summed E-state index contributed by atoms with van der Waals surface area (Å²) in [6, 6.07) is 0. The molecule has 1 aliphatic heterocycles. The molecule has 9 heavy (non-hydrogen) atoms. The van der Waals surface area contributed by atoms with Gasteiger partial charge in [0.05, 0.1) is 0 Å². The lowest BCUT2D eigenvalue weighted by Gasteiger charge is -2.30. The molecule has 0 spiro atoms. The molecule has 0 aromatic rings. The number of hydrogen-bond donors (Lipinski definition) is 1. The number of hydrazine groups is 1. The van der Waals surface area contributed by atoms with Crippen molar-refractivity contribution < 1.29 is 0 Å². The molecule has 1 aliphatic rings. The maximum atomic E-state index is 3.19. The predicted octanol–water partition coefficient (Wildman–Crippen LogP) is 0.995. The van der Waals surface area contributed by atoms with E-state index in [4.69, 9.17) is 0 Å². The molecular weight excluding hydrogens is 112 g/mol. The second-order valence-electron chi connectivity index (χ2n) is 3.29. The zero-order chi connectivity index (χ0) is 6.91. The van der Waals surface area contributed by atoms with E-state index in [1.54, 1.807) is 0 Å². The van der Waals surface area contributed by atoms with Gasteiger partial charge in [0.15, 0.2) is 0 Å². The Bertz CT molecular complexity index is 99.1. The van der Waals surface area contributed by atoms with E-state index in [-0.39, 0.29) is 0 Å². The normalized spacial score (nSPS) is 27.0. The van der Waals surface area contributed by atoms with Crippen LogP contribution in [0.25, 0.3) is 0 Å². The van der Waals surface area contributed by atoms with Gasteiger partial charge in [-0.3, -0.25) is 5.43 Å². The molecule has 1 saturated heterocycles. The van der Waals surface area contributed by atoms with Gasteiger partial charge < -0.3 is 0 Å². The highest BCUT2D eigenvalue weighted by atomic mass is 15.5. The third kappa shape index (κ3) is 1.25. The molecule has 0 radical (unpaired) electrons. The molecule has 2 heteroatoms.